The second kappa shape index (κ2) is 10.9. The van der Waals surface area contributed by atoms with Crippen molar-refractivity contribution in [2.75, 3.05) is 17.9 Å². The Morgan fingerprint density at radius 3 is 1.25 bits per heavy atom. The first-order valence-electron chi connectivity index (χ1n) is 13.9. The third-order valence-electron chi connectivity index (χ3n) is 8.14. The van der Waals surface area contributed by atoms with Crippen molar-refractivity contribution in [3.63, 3.8) is 0 Å². The molecule has 0 spiro atoms. The van der Waals surface area contributed by atoms with Gasteiger partial charge in [0.1, 0.15) is 0 Å². The lowest BCUT2D eigenvalue weighted by Crippen LogP contribution is -2.33. The fraction of sp³-hybridized carbons (Fsp3) is 0.314. The van der Waals surface area contributed by atoms with Gasteiger partial charge >= 0.3 is 0 Å². The Labute approximate surface area is 245 Å². The highest BCUT2D eigenvalue weighted by atomic mass is 32.5. The third kappa shape index (κ3) is 5.69. The van der Waals surface area contributed by atoms with Crippen molar-refractivity contribution >= 4 is 29.8 Å². The molecule has 5 heteroatoms. The van der Waals surface area contributed by atoms with Crippen LogP contribution in [0.1, 0.15) is 63.8 Å². The SMILES string of the molecule is CC1(C)COP(=S)(N(c2ccc(C(C)(C)c3ccccc3)cc2)c2ccc(C(C)(C)c3ccccc3)cc2)OC1. The molecular weight excluding hydrogens is 529 g/mol. The van der Waals surface area contributed by atoms with Crippen LogP contribution in [0.15, 0.2) is 109 Å². The Morgan fingerprint density at radius 1 is 0.575 bits per heavy atom. The molecule has 0 radical (unpaired) electrons. The van der Waals surface area contributed by atoms with Crippen LogP contribution in [0.5, 0.6) is 0 Å². The summed E-state index contributed by atoms with van der Waals surface area (Å²) in [5, 5.41) is 0. The summed E-state index contributed by atoms with van der Waals surface area (Å²) >= 11 is 6.20. The van der Waals surface area contributed by atoms with E-state index in [4.69, 9.17) is 20.9 Å². The van der Waals surface area contributed by atoms with E-state index >= 15 is 0 Å². The van der Waals surface area contributed by atoms with E-state index in [1.54, 1.807) is 0 Å². The van der Waals surface area contributed by atoms with E-state index in [-0.39, 0.29) is 16.2 Å². The molecule has 1 aliphatic rings. The second-order valence-electron chi connectivity index (χ2n) is 12.6. The fourth-order valence-electron chi connectivity index (χ4n) is 5.22. The standard InChI is InChI=1S/C35H40NO2PS/c1-33(2)25-37-39(40,38-26-33)36(31-21-17-29(18-22-31)34(3,4)27-13-9-7-10-14-27)32-23-19-30(20-24-32)35(5,6)28-15-11-8-12-16-28/h7-24H,25-26H2,1-6H3. The van der Waals surface area contributed by atoms with E-state index in [0.717, 1.165) is 11.4 Å². The summed E-state index contributed by atoms with van der Waals surface area (Å²) in [4.78, 5) is 0. The Balaban J connectivity index is 1.52. The molecule has 4 aromatic rings. The number of nitrogens with zero attached hydrogens (tertiary/aromatic N) is 1. The predicted molar refractivity (Wildman–Crippen MR) is 172 cm³/mol. The van der Waals surface area contributed by atoms with Crippen LogP contribution in [-0.2, 0) is 31.7 Å². The largest absolute Gasteiger partial charge is 0.313 e. The lowest BCUT2D eigenvalue weighted by Gasteiger charge is -2.42. The summed E-state index contributed by atoms with van der Waals surface area (Å²) in [6.07, 6.45) is 0. The highest BCUT2D eigenvalue weighted by molar-refractivity contribution is 8.10. The fourth-order valence-corrected chi connectivity index (χ4v) is 8.27. The van der Waals surface area contributed by atoms with Gasteiger partial charge in [-0.15, -0.1) is 0 Å². The van der Waals surface area contributed by atoms with Crippen molar-refractivity contribution in [2.45, 2.75) is 52.4 Å². The maximum atomic E-state index is 6.41. The van der Waals surface area contributed by atoms with Gasteiger partial charge in [0.05, 0.1) is 13.2 Å². The minimum absolute atomic E-state index is 0.0683. The number of hydrogen-bond acceptors (Lipinski definition) is 3. The third-order valence-corrected chi connectivity index (χ3v) is 11.1. The molecule has 5 rings (SSSR count). The van der Waals surface area contributed by atoms with Crippen molar-refractivity contribution < 1.29 is 9.05 Å². The van der Waals surface area contributed by atoms with Gasteiger partial charge in [0.2, 0.25) is 0 Å². The van der Waals surface area contributed by atoms with E-state index in [2.05, 4.69) is 155 Å². The van der Waals surface area contributed by atoms with Crippen molar-refractivity contribution in [2.24, 2.45) is 5.41 Å². The smallest absolute Gasteiger partial charge is 0.294 e. The average molecular weight is 570 g/mol. The van der Waals surface area contributed by atoms with Crippen LogP contribution in [0.3, 0.4) is 0 Å². The van der Waals surface area contributed by atoms with Gasteiger partial charge in [-0.05, 0) is 58.3 Å². The van der Waals surface area contributed by atoms with Gasteiger partial charge in [-0.1, -0.05) is 126 Å². The Morgan fingerprint density at radius 2 is 0.900 bits per heavy atom. The first-order chi connectivity index (χ1) is 18.9. The molecular formula is C35H40NO2PS. The zero-order chi connectivity index (χ0) is 28.6. The van der Waals surface area contributed by atoms with Crippen molar-refractivity contribution in [1.82, 2.24) is 0 Å². The zero-order valence-electron chi connectivity index (χ0n) is 24.4. The summed E-state index contributed by atoms with van der Waals surface area (Å²) in [5.41, 5.74) is 6.68. The predicted octanol–water partition coefficient (Wildman–Crippen LogP) is 9.77. The molecule has 4 aromatic carbocycles. The zero-order valence-corrected chi connectivity index (χ0v) is 26.1. The first-order valence-corrected chi connectivity index (χ1v) is 16.5. The number of benzene rings is 4. The van der Waals surface area contributed by atoms with Crippen molar-refractivity contribution in [1.29, 1.82) is 0 Å². The normalized spacial score (nSPS) is 16.9. The van der Waals surface area contributed by atoms with Crippen LogP contribution in [0.4, 0.5) is 11.4 Å². The Kier molecular flexibility index (Phi) is 7.85. The van der Waals surface area contributed by atoms with Crippen LogP contribution in [-0.4, -0.2) is 13.2 Å². The van der Waals surface area contributed by atoms with Gasteiger partial charge in [0, 0.05) is 27.6 Å². The van der Waals surface area contributed by atoms with E-state index in [0.29, 0.717) is 13.2 Å². The van der Waals surface area contributed by atoms with Crippen molar-refractivity contribution in [3.8, 4) is 0 Å². The molecule has 0 aromatic heterocycles. The maximum Gasteiger partial charge on any atom is 0.294 e. The van der Waals surface area contributed by atoms with Crippen LogP contribution < -0.4 is 4.67 Å². The van der Waals surface area contributed by atoms with E-state index in [9.17, 15) is 0 Å². The molecule has 0 N–H and O–H groups in total. The average Bonchev–Trinajstić information content (AvgIpc) is 2.96. The molecule has 1 heterocycles. The van der Waals surface area contributed by atoms with E-state index in [1.807, 2.05) is 0 Å². The molecule has 0 unspecified atom stereocenters. The molecule has 40 heavy (non-hydrogen) atoms. The van der Waals surface area contributed by atoms with Crippen molar-refractivity contribution in [3.05, 3.63) is 131 Å². The number of hydrogen-bond donors (Lipinski definition) is 0. The van der Waals surface area contributed by atoms with Crippen LogP contribution in [0, 0.1) is 5.41 Å². The Hall–Kier alpha value is -2.75. The minimum atomic E-state index is -2.81. The molecule has 0 amide bonds. The van der Waals surface area contributed by atoms with Crippen LogP contribution in [0.2, 0.25) is 0 Å². The van der Waals surface area contributed by atoms with Gasteiger partial charge in [-0.2, -0.15) is 0 Å². The number of anilines is 2. The highest BCUT2D eigenvalue weighted by Gasteiger charge is 2.39. The topological polar surface area (TPSA) is 21.7 Å². The number of rotatable bonds is 7. The Bertz CT molecular complexity index is 1370. The quantitative estimate of drug-likeness (QED) is 0.207. The molecule has 0 bridgehead atoms. The van der Waals surface area contributed by atoms with Gasteiger partial charge in [0.15, 0.2) is 0 Å². The molecule has 0 aliphatic carbocycles. The van der Waals surface area contributed by atoms with Gasteiger partial charge in [-0.3, -0.25) is 4.67 Å². The molecule has 1 aliphatic heterocycles. The molecule has 1 saturated heterocycles. The van der Waals surface area contributed by atoms with E-state index in [1.165, 1.54) is 22.3 Å². The molecule has 208 valence electrons. The molecule has 0 atom stereocenters. The minimum Gasteiger partial charge on any atom is -0.313 e. The summed E-state index contributed by atoms with van der Waals surface area (Å²) in [6, 6.07) is 38.7. The lowest BCUT2D eigenvalue weighted by atomic mass is 9.78. The molecule has 0 saturated carbocycles. The van der Waals surface area contributed by atoms with Gasteiger partial charge < -0.3 is 9.05 Å². The summed E-state index contributed by atoms with van der Waals surface area (Å²) in [6.45, 7) is 11.7. The van der Waals surface area contributed by atoms with Gasteiger partial charge in [0.25, 0.3) is 6.64 Å². The summed E-state index contributed by atoms with van der Waals surface area (Å²) in [5.74, 6) is 0. The first kappa shape index (κ1) is 28.8. The monoisotopic (exact) mass is 569 g/mol. The van der Waals surface area contributed by atoms with Crippen LogP contribution in [0.25, 0.3) is 0 Å². The summed E-state index contributed by atoms with van der Waals surface area (Å²) in [7, 11) is 0. The molecule has 1 fully saturated rings. The van der Waals surface area contributed by atoms with E-state index < -0.39 is 6.64 Å². The molecule has 3 nitrogen and oxygen atoms in total. The highest BCUT2D eigenvalue weighted by Crippen LogP contribution is 2.61. The van der Waals surface area contributed by atoms with Gasteiger partial charge in [-0.25, -0.2) is 0 Å². The summed E-state index contributed by atoms with van der Waals surface area (Å²) < 4.78 is 15.0. The second-order valence-corrected chi connectivity index (χ2v) is 15.8. The maximum absolute atomic E-state index is 6.41. The lowest BCUT2D eigenvalue weighted by molar-refractivity contribution is 0.0602. The van der Waals surface area contributed by atoms with Crippen LogP contribution >= 0.6 is 6.64 Å².